The molecule has 6 heteroatoms. The molecule has 0 aromatic heterocycles. The fourth-order valence-electron chi connectivity index (χ4n) is 3.72. The maximum absolute atomic E-state index is 6.15. The number of piperazine rings is 1. The number of aliphatic imine (C=N–C) groups is 1. The lowest BCUT2D eigenvalue weighted by molar-refractivity contribution is 0.249. The largest absolute Gasteiger partial charge is 0.370 e. The highest BCUT2D eigenvalue weighted by Gasteiger charge is 2.18. The van der Waals surface area contributed by atoms with E-state index < -0.39 is 0 Å². The normalized spacial score (nSPS) is 15.1. The number of nitrogens with two attached hydrogens (primary N) is 1. The van der Waals surface area contributed by atoms with Crippen LogP contribution in [0.1, 0.15) is 25.0 Å². The highest BCUT2D eigenvalue weighted by atomic mass is 127. The maximum atomic E-state index is 6.15. The third kappa shape index (κ3) is 6.60. The third-order valence-corrected chi connectivity index (χ3v) is 5.50. The van der Waals surface area contributed by atoms with Crippen molar-refractivity contribution in [1.82, 2.24) is 9.80 Å². The van der Waals surface area contributed by atoms with E-state index in [0.717, 1.165) is 45.8 Å². The first-order valence-electron chi connectivity index (χ1n) is 10.3. The molecule has 3 rings (SSSR count). The maximum Gasteiger partial charge on any atom is 0.191 e. The second kappa shape index (κ2) is 12.0. The van der Waals surface area contributed by atoms with E-state index in [1.165, 1.54) is 16.8 Å². The zero-order valence-corrected chi connectivity index (χ0v) is 20.0. The van der Waals surface area contributed by atoms with Crippen molar-refractivity contribution in [2.75, 3.05) is 44.2 Å². The molecule has 1 saturated heterocycles. The van der Waals surface area contributed by atoms with Crippen LogP contribution in [0.3, 0.4) is 0 Å². The van der Waals surface area contributed by atoms with Crippen LogP contribution in [-0.2, 0) is 13.1 Å². The van der Waals surface area contributed by atoms with Gasteiger partial charge in [-0.15, -0.1) is 24.0 Å². The van der Waals surface area contributed by atoms with Gasteiger partial charge < -0.3 is 15.5 Å². The van der Waals surface area contributed by atoms with Gasteiger partial charge in [-0.2, -0.15) is 0 Å². The van der Waals surface area contributed by atoms with E-state index in [1.54, 1.807) is 0 Å². The number of nitrogens with zero attached hydrogens (tertiary/aromatic N) is 4. The predicted molar refractivity (Wildman–Crippen MR) is 134 cm³/mol. The SMILES string of the molecule is CCN(CC)C(N)=NCc1ccccc1CN1CCN(c2ccccc2)CC1.I. The Bertz CT molecular complexity index is 753. The molecule has 29 heavy (non-hydrogen) atoms. The smallest absolute Gasteiger partial charge is 0.191 e. The molecule has 0 atom stereocenters. The second-order valence-corrected chi connectivity index (χ2v) is 7.21. The fraction of sp³-hybridized carbons (Fsp3) is 0.435. The van der Waals surface area contributed by atoms with Gasteiger partial charge >= 0.3 is 0 Å². The molecule has 2 aromatic rings. The van der Waals surface area contributed by atoms with Gasteiger partial charge in [-0.1, -0.05) is 42.5 Å². The first-order chi connectivity index (χ1) is 13.7. The van der Waals surface area contributed by atoms with E-state index in [4.69, 9.17) is 5.73 Å². The molecule has 0 amide bonds. The molecule has 1 aliphatic heterocycles. The Balaban J connectivity index is 0.00000300. The van der Waals surface area contributed by atoms with E-state index in [9.17, 15) is 0 Å². The number of anilines is 1. The minimum absolute atomic E-state index is 0. The van der Waals surface area contributed by atoms with Crippen molar-refractivity contribution >= 4 is 35.6 Å². The zero-order valence-electron chi connectivity index (χ0n) is 17.6. The summed E-state index contributed by atoms with van der Waals surface area (Å²) in [4.78, 5) is 11.7. The van der Waals surface area contributed by atoms with Crippen molar-refractivity contribution < 1.29 is 0 Å². The van der Waals surface area contributed by atoms with Gasteiger partial charge in [0.05, 0.1) is 6.54 Å². The average molecular weight is 507 g/mol. The molecule has 0 aliphatic carbocycles. The summed E-state index contributed by atoms with van der Waals surface area (Å²) in [7, 11) is 0. The number of rotatable bonds is 7. The van der Waals surface area contributed by atoms with Crippen LogP contribution in [0.2, 0.25) is 0 Å². The van der Waals surface area contributed by atoms with Crippen LogP contribution in [0, 0.1) is 0 Å². The summed E-state index contributed by atoms with van der Waals surface area (Å²) in [5.74, 6) is 0.635. The molecule has 0 saturated carbocycles. The van der Waals surface area contributed by atoms with Crippen molar-refractivity contribution in [2.45, 2.75) is 26.9 Å². The quantitative estimate of drug-likeness (QED) is 0.352. The summed E-state index contributed by atoms with van der Waals surface area (Å²) < 4.78 is 0. The first-order valence-corrected chi connectivity index (χ1v) is 10.3. The number of halogens is 1. The molecule has 2 N–H and O–H groups in total. The Morgan fingerprint density at radius 2 is 1.48 bits per heavy atom. The van der Waals surface area contributed by atoms with Crippen LogP contribution < -0.4 is 10.6 Å². The van der Waals surface area contributed by atoms with Gasteiger partial charge in [-0.3, -0.25) is 4.90 Å². The van der Waals surface area contributed by atoms with Gasteiger partial charge in [0.1, 0.15) is 0 Å². The number of guanidine groups is 1. The lowest BCUT2D eigenvalue weighted by Crippen LogP contribution is -2.46. The van der Waals surface area contributed by atoms with Crippen LogP contribution in [0.25, 0.3) is 0 Å². The molecule has 1 aliphatic rings. The van der Waals surface area contributed by atoms with Gasteiger partial charge in [0.2, 0.25) is 0 Å². The van der Waals surface area contributed by atoms with Gasteiger partial charge in [-0.05, 0) is 37.1 Å². The Kier molecular flexibility index (Phi) is 9.73. The molecule has 0 bridgehead atoms. The van der Waals surface area contributed by atoms with E-state index in [1.807, 2.05) is 0 Å². The summed E-state index contributed by atoms with van der Waals surface area (Å²) in [6.45, 7) is 11.9. The summed E-state index contributed by atoms with van der Waals surface area (Å²) >= 11 is 0. The summed E-state index contributed by atoms with van der Waals surface area (Å²) in [5.41, 5.74) is 10.1. The summed E-state index contributed by atoms with van der Waals surface area (Å²) in [6, 6.07) is 19.3. The van der Waals surface area contributed by atoms with Gasteiger partial charge in [-0.25, -0.2) is 4.99 Å². The van der Waals surface area contributed by atoms with Crippen LogP contribution >= 0.6 is 24.0 Å². The van der Waals surface area contributed by atoms with Gasteiger partial charge in [0, 0.05) is 51.5 Å². The van der Waals surface area contributed by atoms with Crippen molar-refractivity contribution in [3.8, 4) is 0 Å². The van der Waals surface area contributed by atoms with Gasteiger partial charge in [0.25, 0.3) is 0 Å². The number of benzene rings is 2. The van der Waals surface area contributed by atoms with Gasteiger partial charge in [0.15, 0.2) is 5.96 Å². The topological polar surface area (TPSA) is 48.1 Å². The zero-order chi connectivity index (χ0) is 19.8. The molecule has 0 unspecified atom stereocenters. The minimum Gasteiger partial charge on any atom is -0.370 e. The van der Waals surface area contributed by atoms with Crippen molar-refractivity contribution in [3.05, 3.63) is 65.7 Å². The number of para-hydroxylation sites is 1. The van der Waals surface area contributed by atoms with E-state index in [-0.39, 0.29) is 24.0 Å². The molecular formula is C23H34IN5. The summed E-state index contributed by atoms with van der Waals surface area (Å²) in [5, 5.41) is 0. The second-order valence-electron chi connectivity index (χ2n) is 7.21. The van der Waals surface area contributed by atoms with E-state index in [2.05, 4.69) is 88.1 Å². The average Bonchev–Trinajstić information content (AvgIpc) is 2.75. The monoisotopic (exact) mass is 507 g/mol. The first kappa shape index (κ1) is 23.5. The molecule has 2 aromatic carbocycles. The van der Waals surface area contributed by atoms with E-state index in [0.29, 0.717) is 12.5 Å². The van der Waals surface area contributed by atoms with Crippen LogP contribution in [0.15, 0.2) is 59.6 Å². The molecule has 0 spiro atoms. The molecule has 5 nitrogen and oxygen atoms in total. The Hall–Kier alpha value is -1.80. The Morgan fingerprint density at radius 3 is 2.10 bits per heavy atom. The van der Waals surface area contributed by atoms with Crippen molar-refractivity contribution in [2.24, 2.45) is 10.7 Å². The molecule has 0 radical (unpaired) electrons. The summed E-state index contributed by atoms with van der Waals surface area (Å²) in [6.07, 6.45) is 0. The number of hydrogen-bond acceptors (Lipinski definition) is 3. The third-order valence-electron chi connectivity index (χ3n) is 5.50. The van der Waals surface area contributed by atoms with Crippen molar-refractivity contribution in [3.63, 3.8) is 0 Å². The molecule has 158 valence electrons. The van der Waals surface area contributed by atoms with Crippen LogP contribution in [-0.4, -0.2) is 55.0 Å². The lowest BCUT2D eigenvalue weighted by atomic mass is 10.1. The van der Waals surface area contributed by atoms with Crippen molar-refractivity contribution in [1.29, 1.82) is 0 Å². The minimum atomic E-state index is 0. The Morgan fingerprint density at radius 1 is 0.897 bits per heavy atom. The Labute approximate surface area is 192 Å². The highest BCUT2D eigenvalue weighted by Crippen LogP contribution is 2.18. The molecule has 1 fully saturated rings. The lowest BCUT2D eigenvalue weighted by Gasteiger charge is -2.36. The van der Waals surface area contributed by atoms with Crippen LogP contribution in [0.5, 0.6) is 0 Å². The standard InChI is InChI=1S/C23H33N5.HI/c1-3-27(4-2)23(24)25-18-20-10-8-9-11-21(20)19-26-14-16-28(17-15-26)22-12-6-5-7-13-22;/h5-13H,3-4,14-19H2,1-2H3,(H2,24,25);1H. The fourth-order valence-corrected chi connectivity index (χ4v) is 3.72. The predicted octanol–water partition coefficient (Wildman–Crippen LogP) is 3.78. The molecule has 1 heterocycles. The van der Waals surface area contributed by atoms with E-state index >= 15 is 0 Å². The molecular weight excluding hydrogens is 473 g/mol. The van der Waals surface area contributed by atoms with Crippen LogP contribution in [0.4, 0.5) is 5.69 Å². The highest BCUT2D eigenvalue weighted by molar-refractivity contribution is 14.0. The number of hydrogen-bond donors (Lipinski definition) is 1.